The molecule has 0 saturated heterocycles. The number of benzene rings is 1. The number of hydrogen-bond donors (Lipinski definition) is 0. The van der Waals surface area contributed by atoms with Crippen LogP contribution >= 0.6 is 33.9 Å². The highest BCUT2D eigenvalue weighted by atomic mass is 127. The normalized spacial score (nSPS) is 11.4. The first-order valence-corrected chi connectivity index (χ1v) is 6.13. The van der Waals surface area contributed by atoms with Crippen LogP contribution in [0, 0.1) is 3.01 Å². The van der Waals surface area contributed by atoms with Gasteiger partial charge in [-0.05, 0) is 40.1 Å². The Balaban J connectivity index is 2.75. The van der Waals surface area contributed by atoms with Gasteiger partial charge in [-0.3, -0.25) is 0 Å². The molecule has 2 aromatic rings. The second-order valence-corrected chi connectivity index (χ2v) is 6.10. The minimum absolute atomic E-state index is 0.557. The first kappa shape index (κ1) is 9.40. The van der Waals surface area contributed by atoms with Crippen LogP contribution in [0.1, 0.15) is 25.3 Å². The Kier molecular flexibility index (Phi) is 2.55. The summed E-state index contributed by atoms with van der Waals surface area (Å²) in [6, 6.07) is 6.43. The zero-order valence-electron chi connectivity index (χ0n) is 7.54. The number of fused-ring (bicyclic) bond motifs is 1. The van der Waals surface area contributed by atoms with Gasteiger partial charge >= 0.3 is 0 Å². The molecular formula is C10H10INS. The van der Waals surface area contributed by atoms with E-state index in [0.717, 1.165) is 3.01 Å². The van der Waals surface area contributed by atoms with Gasteiger partial charge < -0.3 is 0 Å². The number of rotatable bonds is 1. The van der Waals surface area contributed by atoms with Crippen molar-refractivity contribution >= 4 is 44.1 Å². The highest BCUT2D eigenvalue weighted by Gasteiger charge is 2.08. The largest absolute Gasteiger partial charge is 0.230 e. The number of aromatic nitrogens is 1. The molecule has 68 valence electrons. The average Bonchev–Trinajstić information content (AvgIpc) is 2.43. The number of hydrogen-bond acceptors (Lipinski definition) is 2. The van der Waals surface area contributed by atoms with Gasteiger partial charge in [-0.25, -0.2) is 4.98 Å². The predicted molar refractivity (Wildman–Crippen MR) is 66.4 cm³/mol. The molecule has 0 fully saturated rings. The van der Waals surface area contributed by atoms with Crippen molar-refractivity contribution in [3.05, 3.63) is 26.8 Å². The molecule has 0 aliphatic rings. The SMILES string of the molecule is CC(C)c1cccc2sc(I)nc12. The first-order chi connectivity index (χ1) is 6.18. The van der Waals surface area contributed by atoms with Crippen LogP contribution in [0.4, 0.5) is 0 Å². The van der Waals surface area contributed by atoms with Gasteiger partial charge in [0.1, 0.15) is 0 Å². The minimum atomic E-state index is 0.557. The van der Waals surface area contributed by atoms with E-state index in [1.165, 1.54) is 15.8 Å². The maximum atomic E-state index is 4.54. The highest BCUT2D eigenvalue weighted by Crippen LogP contribution is 2.29. The van der Waals surface area contributed by atoms with Gasteiger partial charge in [0.2, 0.25) is 0 Å². The Morgan fingerprint density at radius 3 is 2.85 bits per heavy atom. The van der Waals surface area contributed by atoms with Crippen molar-refractivity contribution in [2.45, 2.75) is 19.8 Å². The summed E-state index contributed by atoms with van der Waals surface area (Å²) in [5, 5.41) is 0. The van der Waals surface area contributed by atoms with Crippen LogP contribution in [0.3, 0.4) is 0 Å². The number of thiazole rings is 1. The van der Waals surface area contributed by atoms with Crippen LogP contribution < -0.4 is 0 Å². The summed E-state index contributed by atoms with van der Waals surface area (Å²) in [5.41, 5.74) is 2.54. The monoisotopic (exact) mass is 303 g/mol. The smallest absolute Gasteiger partial charge is 0.155 e. The lowest BCUT2D eigenvalue weighted by Crippen LogP contribution is -1.88. The minimum Gasteiger partial charge on any atom is -0.230 e. The van der Waals surface area contributed by atoms with Crippen LogP contribution in [-0.2, 0) is 0 Å². The Morgan fingerprint density at radius 1 is 1.38 bits per heavy atom. The first-order valence-electron chi connectivity index (χ1n) is 4.23. The van der Waals surface area contributed by atoms with E-state index in [9.17, 15) is 0 Å². The molecule has 0 radical (unpaired) electrons. The van der Waals surface area contributed by atoms with E-state index in [1.54, 1.807) is 11.3 Å². The number of halogens is 1. The summed E-state index contributed by atoms with van der Waals surface area (Å²) >= 11 is 4.04. The zero-order valence-corrected chi connectivity index (χ0v) is 10.5. The van der Waals surface area contributed by atoms with E-state index < -0.39 is 0 Å². The Labute approximate surface area is 95.3 Å². The molecule has 1 heterocycles. The summed E-state index contributed by atoms with van der Waals surface area (Å²) < 4.78 is 2.43. The van der Waals surface area contributed by atoms with Crippen molar-refractivity contribution in [2.75, 3.05) is 0 Å². The summed E-state index contributed by atoms with van der Waals surface area (Å²) in [6.07, 6.45) is 0. The summed E-state index contributed by atoms with van der Waals surface area (Å²) in [6.45, 7) is 4.42. The lowest BCUT2D eigenvalue weighted by molar-refractivity contribution is 0.873. The van der Waals surface area contributed by atoms with Crippen LogP contribution in [0.5, 0.6) is 0 Å². The second kappa shape index (κ2) is 3.53. The molecular weight excluding hydrogens is 293 g/mol. The van der Waals surface area contributed by atoms with Crippen LogP contribution in [-0.4, -0.2) is 4.98 Å². The van der Waals surface area contributed by atoms with Gasteiger partial charge in [-0.15, -0.1) is 11.3 Å². The predicted octanol–water partition coefficient (Wildman–Crippen LogP) is 4.02. The fraction of sp³-hybridized carbons (Fsp3) is 0.300. The fourth-order valence-electron chi connectivity index (χ4n) is 1.41. The van der Waals surface area contributed by atoms with Crippen LogP contribution in [0.15, 0.2) is 18.2 Å². The lowest BCUT2D eigenvalue weighted by atomic mass is 10.0. The van der Waals surface area contributed by atoms with E-state index in [0.29, 0.717) is 5.92 Å². The van der Waals surface area contributed by atoms with Crippen molar-refractivity contribution in [3.8, 4) is 0 Å². The van der Waals surface area contributed by atoms with E-state index in [2.05, 4.69) is 59.6 Å². The molecule has 0 unspecified atom stereocenters. The Morgan fingerprint density at radius 2 is 2.15 bits per heavy atom. The van der Waals surface area contributed by atoms with E-state index in [4.69, 9.17) is 0 Å². The van der Waals surface area contributed by atoms with Crippen molar-refractivity contribution in [2.24, 2.45) is 0 Å². The second-order valence-electron chi connectivity index (χ2n) is 3.32. The Bertz CT molecular complexity index is 433. The third-order valence-electron chi connectivity index (χ3n) is 2.05. The molecule has 0 bridgehead atoms. The molecule has 1 aromatic heterocycles. The lowest BCUT2D eigenvalue weighted by Gasteiger charge is -2.04. The summed E-state index contributed by atoms with van der Waals surface area (Å²) in [5.74, 6) is 0.557. The van der Waals surface area contributed by atoms with Crippen LogP contribution in [0.25, 0.3) is 10.2 Å². The van der Waals surface area contributed by atoms with E-state index in [1.807, 2.05) is 0 Å². The maximum absolute atomic E-state index is 4.54. The topological polar surface area (TPSA) is 12.9 Å². The average molecular weight is 303 g/mol. The molecule has 1 nitrogen and oxygen atoms in total. The molecule has 0 N–H and O–H groups in total. The van der Waals surface area contributed by atoms with Crippen molar-refractivity contribution in [1.82, 2.24) is 4.98 Å². The van der Waals surface area contributed by atoms with Gasteiger partial charge in [0, 0.05) is 0 Å². The number of nitrogens with zero attached hydrogens (tertiary/aromatic N) is 1. The summed E-state index contributed by atoms with van der Waals surface area (Å²) in [7, 11) is 0. The van der Waals surface area contributed by atoms with E-state index in [-0.39, 0.29) is 0 Å². The fourth-order valence-corrected chi connectivity index (χ4v) is 3.09. The number of para-hydroxylation sites is 1. The maximum Gasteiger partial charge on any atom is 0.155 e. The molecule has 2 rings (SSSR count). The molecule has 1 aromatic carbocycles. The molecule has 0 spiro atoms. The van der Waals surface area contributed by atoms with Gasteiger partial charge in [0.15, 0.2) is 3.01 Å². The van der Waals surface area contributed by atoms with Crippen molar-refractivity contribution in [3.63, 3.8) is 0 Å². The van der Waals surface area contributed by atoms with Gasteiger partial charge in [-0.1, -0.05) is 26.0 Å². The highest BCUT2D eigenvalue weighted by molar-refractivity contribution is 14.1. The molecule has 0 saturated carbocycles. The quantitative estimate of drug-likeness (QED) is 0.725. The standard InChI is InChI=1S/C10H10INS/c1-6(2)7-4-3-5-8-9(7)12-10(11)13-8/h3-6H,1-2H3. The molecule has 0 atom stereocenters. The molecule has 3 heteroatoms. The Hall–Kier alpha value is -0.160. The molecule has 13 heavy (non-hydrogen) atoms. The van der Waals surface area contributed by atoms with Crippen molar-refractivity contribution in [1.29, 1.82) is 0 Å². The van der Waals surface area contributed by atoms with Crippen LogP contribution in [0.2, 0.25) is 0 Å². The van der Waals surface area contributed by atoms with E-state index >= 15 is 0 Å². The molecule has 0 aliphatic carbocycles. The third kappa shape index (κ3) is 1.72. The summed E-state index contributed by atoms with van der Waals surface area (Å²) in [4.78, 5) is 4.54. The third-order valence-corrected chi connectivity index (χ3v) is 3.76. The van der Waals surface area contributed by atoms with Crippen molar-refractivity contribution < 1.29 is 0 Å². The molecule has 0 aliphatic heterocycles. The van der Waals surface area contributed by atoms with Gasteiger partial charge in [0.05, 0.1) is 10.2 Å². The van der Waals surface area contributed by atoms with Gasteiger partial charge in [-0.2, -0.15) is 0 Å². The molecule has 0 amide bonds. The van der Waals surface area contributed by atoms with Gasteiger partial charge in [0.25, 0.3) is 0 Å². The zero-order chi connectivity index (χ0) is 9.42.